The van der Waals surface area contributed by atoms with Crippen LogP contribution < -0.4 is 10.6 Å². The molecule has 0 aromatic rings. The van der Waals surface area contributed by atoms with Crippen LogP contribution in [0, 0.1) is 0 Å². The fourth-order valence-corrected chi connectivity index (χ4v) is 1.33. The molecule has 2 nitrogen and oxygen atoms in total. The van der Waals surface area contributed by atoms with Crippen molar-refractivity contribution in [2.24, 2.45) is 0 Å². The van der Waals surface area contributed by atoms with Crippen molar-refractivity contribution in [2.45, 2.75) is 16.5 Å². The van der Waals surface area contributed by atoms with E-state index in [0.717, 1.165) is 0 Å². The molecule has 2 N–H and O–H groups in total. The summed E-state index contributed by atoms with van der Waals surface area (Å²) in [5.41, 5.74) is -0.605. The zero-order chi connectivity index (χ0) is 6.85. The van der Waals surface area contributed by atoms with Crippen LogP contribution >= 0.6 is 34.8 Å². The van der Waals surface area contributed by atoms with Gasteiger partial charge >= 0.3 is 0 Å². The second-order valence-corrected chi connectivity index (χ2v) is 3.31. The molecule has 5 heteroatoms. The Balaban J connectivity index is 2.35. The predicted octanol–water partition coefficient (Wildman–Crippen LogP) is 0.874. The summed E-state index contributed by atoms with van der Waals surface area (Å²) in [7, 11) is 0. The molecule has 1 aliphatic heterocycles. The van der Waals surface area contributed by atoms with Crippen molar-refractivity contribution in [3.05, 3.63) is 0 Å². The van der Waals surface area contributed by atoms with Gasteiger partial charge in [0.05, 0.1) is 5.50 Å². The van der Waals surface area contributed by atoms with E-state index >= 15 is 0 Å². The lowest BCUT2D eigenvalue weighted by molar-refractivity contribution is 0.441. The molecule has 1 aliphatic rings. The molecule has 0 radical (unpaired) electrons. The molecule has 1 fully saturated rings. The summed E-state index contributed by atoms with van der Waals surface area (Å²) < 4.78 is 0. The lowest BCUT2D eigenvalue weighted by Crippen LogP contribution is -2.54. The minimum atomic E-state index is -0.275. The zero-order valence-electron chi connectivity index (χ0n) is 4.57. The van der Waals surface area contributed by atoms with Crippen LogP contribution in [0.2, 0.25) is 0 Å². The van der Waals surface area contributed by atoms with Gasteiger partial charge in [-0.3, -0.25) is 10.6 Å². The highest BCUT2D eigenvalue weighted by molar-refractivity contribution is 6.30. The van der Waals surface area contributed by atoms with Gasteiger partial charge in [-0.2, -0.15) is 0 Å². The highest BCUT2D eigenvalue weighted by atomic mass is 35.5. The molecule has 54 valence electrons. The van der Waals surface area contributed by atoms with E-state index in [9.17, 15) is 0 Å². The molecule has 0 aromatic carbocycles. The van der Waals surface area contributed by atoms with Crippen molar-refractivity contribution in [3.63, 3.8) is 0 Å². The number of alkyl halides is 3. The van der Waals surface area contributed by atoms with Crippen molar-refractivity contribution in [1.29, 1.82) is 0 Å². The summed E-state index contributed by atoms with van der Waals surface area (Å²) in [6, 6.07) is 0. The number of hydrogen-bond acceptors (Lipinski definition) is 2. The van der Waals surface area contributed by atoms with Gasteiger partial charge < -0.3 is 0 Å². The molecule has 0 amide bonds. The summed E-state index contributed by atoms with van der Waals surface area (Å²) in [6.45, 7) is 0.652. The van der Waals surface area contributed by atoms with Crippen molar-refractivity contribution < 1.29 is 0 Å². The number of hydrogen-bond donors (Lipinski definition) is 2. The Labute approximate surface area is 68.8 Å². The molecular formula is C4H7Cl3N2. The maximum Gasteiger partial charge on any atom is 0.113 e. The van der Waals surface area contributed by atoms with Gasteiger partial charge in [0.2, 0.25) is 0 Å². The summed E-state index contributed by atoms with van der Waals surface area (Å²) in [4.78, 5) is 0. The molecule has 1 rings (SSSR count). The van der Waals surface area contributed by atoms with Gasteiger partial charge in [0.1, 0.15) is 11.0 Å². The standard InChI is InChI=1S/C4H7Cl3N2/c5-2-1-8-3(6)4(7)9-2/h2-4,8-9H,1H2. The van der Waals surface area contributed by atoms with Crippen LogP contribution in [0.1, 0.15) is 0 Å². The third-order valence-electron chi connectivity index (χ3n) is 1.09. The topological polar surface area (TPSA) is 24.1 Å². The number of piperazine rings is 1. The first-order valence-corrected chi connectivity index (χ1v) is 3.93. The summed E-state index contributed by atoms with van der Waals surface area (Å²) in [5, 5.41) is 5.79. The van der Waals surface area contributed by atoms with Crippen molar-refractivity contribution in [2.75, 3.05) is 6.54 Å². The SMILES string of the molecule is ClC1CNC(Cl)C(Cl)N1. The van der Waals surface area contributed by atoms with E-state index in [1.54, 1.807) is 0 Å². The number of halogens is 3. The molecule has 9 heavy (non-hydrogen) atoms. The average Bonchev–Trinajstić information content (AvgIpc) is 1.80. The highest BCUT2D eigenvalue weighted by Crippen LogP contribution is 2.10. The van der Waals surface area contributed by atoms with Crippen molar-refractivity contribution >= 4 is 34.8 Å². The van der Waals surface area contributed by atoms with Gasteiger partial charge in [-0.25, -0.2) is 0 Å². The van der Waals surface area contributed by atoms with Crippen molar-refractivity contribution in [3.8, 4) is 0 Å². The molecule has 0 bridgehead atoms. The van der Waals surface area contributed by atoms with E-state index in [1.807, 2.05) is 0 Å². The largest absolute Gasteiger partial charge is 0.296 e. The first-order valence-electron chi connectivity index (χ1n) is 2.62. The quantitative estimate of drug-likeness (QED) is 0.437. The van der Waals surface area contributed by atoms with Crippen LogP contribution in [-0.2, 0) is 0 Å². The van der Waals surface area contributed by atoms with Gasteiger partial charge in [0.15, 0.2) is 0 Å². The zero-order valence-corrected chi connectivity index (χ0v) is 6.84. The smallest absolute Gasteiger partial charge is 0.113 e. The Morgan fingerprint density at radius 1 is 1.11 bits per heavy atom. The fraction of sp³-hybridized carbons (Fsp3) is 1.00. The highest BCUT2D eigenvalue weighted by Gasteiger charge is 2.24. The van der Waals surface area contributed by atoms with Gasteiger partial charge in [0.25, 0.3) is 0 Å². The molecule has 1 saturated heterocycles. The third-order valence-corrected chi connectivity index (χ3v) is 2.28. The van der Waals surface area contributed by atoms with E-state index < -0.39 is 0 Å². The molecular weight excluding hydrogens is 182 g/mol. The van der Waals surface area contributed by atoms with Crippen LogP contribution in [0.25, 0.3) is 0 Å². The van der Waals surface area contributed by atoms with E-state index in [-0.39, 0.29) is 16.5 Å². The van der Waals surface area contributed by atoms with Crippen LogP contribution in [-0.4, -0.2) is 23.0 Å². The van der Waals surface area contributed by atoms with E-state index in [4.69, 9.17) is 34.8 Å². The summed E-state index contributed by atoms with van der Waals surface area (Å²) in [6.07, 6.45) is 0. The second kappa shape index (κ2) is 3.26. The Kier molecular flexibility index (Phi) is 2.86. The second-order valence-electron chi connectivity index (χ2n) is 1.85. The molecule has 0 aliphatic carbocycles. The average molecular weight is 189 g/mol. The molecule has 3 atom stereocenters. The first-order chi connectivity index (χ1) is 4.20. The minimum Gasteiger partial charge on any atom is -0.296 e. The van der Waals surface area contributed by atoms with Gasteiger partial charge in [-0.1, -0.05) is 0 Å². The predicted molar refractivity (Wildman–Crippen MR) is 40.1 cm³/mol. The number of nitrogens with one attached hydrogen (secondary N) is 2. The van der Waals surface area contributed by atoms with Crippen LogP contribution in [0.5, 0.6) is 0 Å². The fourth-order valence-electron chi connectivity index (χ4n) is 0.636. The Bertz CT molecular complexity index is 99.8. The summed E-state index contributed by atoms with van der Waals surface area (Å²) in [5.74, 6) is 0. The Hall–Kier alpha value is 0.790. The van der Waals surface area contributed by atoms with Crippen molar-refractivity contribution in [1.82, 2.24) is 10.6 Å². The lowest BCUT2D eigenvalue weighted by atomic mass is 10.4. The van der Waals surface area contributed by atoms with Gasteiger partial charge in [-0.05, 0) is 0 Å². The monoisotopic (exact) mass is 188 g/mol. The van der Waals surface area contributed by atoms with E-state index in [2.05, 4.69) is 10.6 Å². The van der Waals surface area contributed by atoms with Crippen LogP contribution in [0.15, 0.2) is 0 Å². The Morgan fingerprint density at radius 3 is 2.22 bits per heavy atom. The third kappa shape index (κ3) is 2.13. The maximum atomic E-state index is 5.67. The minimum absolute atomic E-state index is 0.109. The first kappa shape index (κ1) is 7.89. The van der Waals surface area contributed by atoms with E-state index in [0.29, 0.717) is 6.54 Å². The van der Waals surface area contributed by atoms with Gasteiger partial charge in [-0.15, -0.1) is 34.8 Å². The summed E-state index contributed by atoms with van der Waals surface area (Å²) >= 11 is 17.0. The molecule has 0 aromatic heterocycles. The molecule has 0 spiro atoms. The molecule has 3 unspecified atom stereocenters. The number of rotatable bonds is 0. The van der Waals surface area contributed by atoms with Crippen LogP contribution in [0.3, 0.4) is 0 Å². The normalized spacial score (nSPS) is 45.0. The molecule has 1 heterocycles. The van der Waals surface area contributed by atoms with Crippen LogP contribution in [0.4, 0.5) is 0 Å². The van der Waals surface area contributed by atoms with Gasteiger partial charge in [0, 0.05) is 6.54 Å². The molecule has 0 saturated carbocycles. The Morgan fingerprint density at radius 2 is 1.78 bits per heavy atom. The lowest BCUT2D eigenvalue weighted by Gasteiger charge is -2.28. The maximum absolute atomic E-state index is 5.67. The van der Waals surface area contributed by atoms with E-state index in [1.165, 1.54) is 0 Å².